The number of hydrogen-bond acceptors (Lipinski definition) is 2. The molecule has 0 N–H and O–H groups in total. The molecular weight excluding hydrogens is 327 g/mol. The molecule has 21 heavy (non-hydrogen) atoms. The summed E-state index contributed by atoms with van der Waals surface area (Å²) in [6.07, 6.45) is 0. The van der Waals surface area contributed by atoms with E-state index in [1.165, 1.54) is 0 Å². The molecule has 2 nitrogen and oxygen atoms in total. The molecular formula is C16H9Cl3N2. The molecule has 0 radical (unpaired) electrons. The Morgan fingerprint density at radius 1 is 0.667 bits per heavy atom. The van der Waals surface area contributed by atoms with Crippen LogP contribution in [-0.4, -0.2) is 9.97 Å². The minimum atomic E-state index is 0.370. The first kappa shape index (κ1) is 14.3. The van der Waals surface area contributed by atoms with Gasteiger partial charge < -0.3 is 0 Å². The Balaban J connectivity index is 2.14. The zero-order chi connectivity index (χ0) is 14.8. The maximum atomic E-state index is 6.11. The first-order valence-corrected chi connectivity index (χ1v) is 7.32. The Labute approximate surface area is 137 Å². The standard InChI is InChI=1S/C16H9Cl3N2/c17-12-6-11(7-13(18)8-12)16-20-14(9-15(19)21-16)10-4-2-1-3-5-10/h1-9H. The third kappa shape index (κ3) is 3.35. The van der Waals surface area contributed by atoms with Gasteiger partial charge in [0.1, 0.15) is 5.15 Å². The normalized spacial score (nSPS) is 10.6. The summed E-state index contributed by atoms with van der Waals surface area (Å²) in [5.41, 5.74) is 2.45. The summed E-state index contributed by atoms with van der Waals surface area (Å²) in [4.78, 5) is 8.79. The summed E-state index contributed by atoms with van der Waals surface area (Å²) in [5, 5.41) is 1.43. The van der Waals surface area contributed by atoms with Crippen LogP contribution in [0.15, 0.2) is 54.6 Å². The van der Waals surface area contributed by atoms with E-state index in [-0.39, 0.29) is 0 Å². The average molecular weight is 336 g/mol. The number of aromatic nitrogens is 2. The van der Waals surface area contributed by atoms with Crippen LogP contribution in [0.3, 0.4) is 0 Å². The number of hydrogen-bond donors (Lipinski definition) is 0. The molecule has 0 atom stereocenters. The Morgan fingerprint density at radius 3 is 2.00 bits per heavy atom. The van der Waals surface area contributed by atoms with Crippen molar-refractivity contribution in [3.05, 3.63) is 69.8 Å². The molecule has 1 heterocycles. The second-order valence-electron chi connectivity index (χ2n) is 4.42. The molecule has 0 amide bonds. The number of nitrogens with zero attached hydrogens (tertiary/aromatic N) is 2. The lowest BCUT2D eigenvalue weighted by Gasteiger charge is -2.06. The lowest BCUT2D eigenvalue weighted by molar-refractivity contribution is 1.18. The van der Waals surface area contributed by atoms with Crippen LogP contribution >= 0.6 is 34.8 Å². The van der Waals surface area contributed by atoms with Crippen molar-refractivity contribution in [2.45, 2.75) is 0 Å². The van der Waals surface area contributed by atoms with E-state index in [1.54, 1.807) is 24.3 Å². The van der Waals surface area contributed by atoms with Gasteiger partial charge in [0.25, 0.3) is 0 Å². The van der Waals surface area contributed by atoms with Crippen LogP contribution in [-0.2, 0) is 0 Å². The van der Waals surface area contributed by atoms with E-state index in [2.05, 4.69) is 9.97 Å². The van der Waals surface area contributed by atoms with Crippen molar-refractivity contribution in [3.8, 4) is 22.6 Å². The van der Waals surface area contributed by atoms with E-state index in [4.69, 9.17) is 34.8 Å². The zero-order valence-electron chi connectivity index (χ0n) is 10.7. The fraction of sp³-hybridized carbons (Fsp3) is 0. The van der Waals surface area contributed by atoms with Crippen molar-refractivity contribution in [1.82, 2.24) is 9.97 Å². The molecule has 0 aliphatic rings. The smallest absolute Gasteiger partial charge is 0.161 e. The molecule has 5 heteroatoms. The largest absolute Gasteiger partial charge is 0.228 e. The zero-order valence-corrected chi connectivity index (χ0v) is 13.0. The molecule has 0 aliphatic carbocycles. The van der Waals surface area contributed by atoms with Crippen molar-refractivity contribution in [3.63, 3.8) is 0 Å². The number of halogens is 3. The molecule has 0 saturated heterocycles. The predicted octanol–water partition coefficient (Wildman–Crippen LogP) is 5.77. The van der Waals surface area contributed by atoms with Crippen LogP contribution < -0.4 is 0 Å². The molecule has 0 saturated carbocycles. The minimum absolute atomic E-state index is 0.370. The molecule has 3 rings (SSSR count). The quantitative estimate of drug-likeness (QED) is 0.555. The Bertz CT molecular complexity index is 769. The average Bonchev–Trinajstić information content (AvgIpc) is 2.46. The van der Waals surface area contributed by atoms with Crippen molar-refractivity contribution >= 4 is 34.8 Å². The van der Waals surface area contributed by atoms with E-state index >= 15 is 0 Å². The lowest BCUT2D eigenvalue weighted by Crippen LogP contribution is -1.93. The van der Waals surface area contributed by atoms with Crippen molar-refractivity contribution in [2.75, 3.05) is 0 Å². The van der Waals surface area contributed by atoms with Crippen molar-refractivity contribution in [1.29, 1.82) is 0 Å². The molecule has 0 aliphatic heterocycles. The summed E-state index contributed by atoms with van der Waals surface area (Å²) in [5.74, 6) is 0.491. The van der Waals surface area contributed by atoms with E-state index in [0.29, 0.717) is 21.0 Å². The van der Waals surface area contributed by atoms with Gasteiger partial charge in [0, 0.05) is 27.2 Å². The van der Waals surface area contributed by atoms with Crippen LogP contribution in [0.5, 0.6) is 0 Å². The molecule has 3 aromatic rings. The van der Waals surface area contributed by atoms with Gasteiger partial charge in [-0.25, -0.2) is 9.97 Å². The highest BCUT2D eigenvalue weighted by Gasteiger charge is 2.09. The third-order valence-electron chi connectivity index (χ3n) is 2.89. The van der Waals surface area contributed by atoms with Gasteiger partial charge in [-0.3, -0.25) is 0 Å². The van der Waals surface area contributed by atoms with Crippen LogP contribution in [0.1, 0.15) is 0 Å². The molecule has 104 valence electrons. The van der Waals surface area contributed by atoms with Crippen LogP contribution in [0.2, 0.25) is 15.2 Å². The molecule has 0 bridgehead atoms. The maximum Gasteiger partial charge on any atom is 0.161 e. The first-order chi connectivity index (χ1) is 10.1. The summed E-state index contributed by atoms with van der Waals surface area (Å²) >= 11 is 18.2. The highest BCUT2D eigenvalue weighted by atomic mass is 35.5. The van der Waals surface area contributed by atoms with Gasteiger partial charge in [-0.15, -0.1) is 0 Å². The summed E-state index contributed by atoms with van der Waals surface area (Å²) in [6, 6.07) is 16.7. The lowest BCUT2D eigenvalue weighted by atomic mass is 10.1. The third-order valence-corrected chi connectivity index (χ3v) is 3.52. The maximum absolute atomic E-state index is 6.11. The predicted molar refractivity (Wildman–Crippen MR) is 87.9 cm³/mol. The van der Waals surface area contributed by atoms with E-state index in [1.807, 2.05) is 30.3 Å². The topological polar surface area (TPSA) is 25.8 Å². The number of benzene rings is 2. The SMILES string of the molecule is Clc1cc(Cl)cc(-c2nc(Cl)cc(-c3ccccc3)n2)c1. The van der Waals surface area contributed by atoms with Gasteiger partial charge in [0.15, 0.2) is 5.82 Å². The first-order valence-electron chi connectivity index (χ1n) is 6.18. The summed E-state index contributed by atoms with van der Waals surface area (Å²) < 4.78 is 0. The van der Waals surface area contributed by atoms with E-state index in [9.17, 15) is 0 Å². The molecule has 0 spiro atoms. The second kappa shape index (κ2) is 6.02. The van der Waals surface area contributed by atoms with E-state index < -0.39 is 0 Å². The van der Waals surface area contributed by atoms with Gasteiger partial charge in [-0.2, -0.15) is 0 Å². The molecule has 2 aromatic carbocycles. The van der Waals surface area contributed by atoms with Gasteiger partial charge >= 0.3 is 0 Å². The van der Waals surface area contributed by atoms with Crippen molar-refractivity contribution < 1.29 is 0 Å². The molecule has 0 unspecified atom stereocenters. The summed E-state index contributed by atoms with van der Waals surface area (Å²) in [6.45, 7) is 0. The van der Waals surface area contributed by atoms with E-state index in [0.717, 1.165) is 16.8 Å². The fourth-order valence-corrected chi connectivity index (χ4v) is 2.70. The Morgan fingerprint density at radius 2 is 1.33 bits per heavy atom. The monoisotopic (exact) mass is 334 g/mol. The minimum Gasteiger partial charge on any atom is -0.228 e. The highest BCUT2D eigenvalue weighted by Crippen LogP contribution is 2.28. The van der Waals surface area contributed by atoms with Crippen molar-refractivity contribution in [2.24, 2.45) is 0 Å². The van der Waals surface area contributed by atoms with Crippen LogP contribution in [0, 0.1) is 0 Å². The fourth-order valence-electron chi connectivity index (χ4n) is 1.99. The number of rotatable bonds is 2. The molecule has 1 aromatic heterocycles. The van der Waals surface area contributed by atoms with Crippen LogP contribution in [0.4, 0.5) is 0 Å². The highest BCUT2D eigenvalue weighted by molar-refractivity contribution is 6.35. The van der Waals surface area contributed by atoms with Gasteiger partial charge in [0.2, 0.25) is 0 Å². The van der Waals surface area contributed by atoms with Gasteiger partial charge in [-0.1, -0.05) is 65.1 Å². The molecule has 0 fully saturated rings. The van der Waals surface area contributed by atoms with Gasteiger partial charge in [0.05, 0.1) is 5.69 Å². The Hall–Kier alpha value is -1.61. The second-order valence-corrected chi connectivity index (χ2v) is 5.68. The van der Waals surface area contributed by atoms with Crippen LogP contribution in [0.25, 0.3) is 22.6 Å². The summed E-state index contributed by atoms with van der Waals surface area (Å²) in [7, 11) is 0. The van der Waals surface area contributed by atoms with Gasteiger partial charge in [-0.05, 0) is 18.2 Å². The Kier molecular flexibility index (Phi) is 4.11.